The van der Waals surface area contributed by atoms with Crippen molar-refractivity contribution in [1.82, 2.24) is 4.98 Å². The third kappa shape index (κ3) is 2.88. The summed E-state index contributed by atoms with van der Waals surface area (Å²) in [6.07, 6.45) is 0. The molecule has 0 atom stereocenters. The molecule has 3 nitrogen and oxygen atoms in total. The Labute approximate surface area is 123 Å². The number of hydrogen-bond acceptors (Lipinski definition) is 1. The monoisotopic (exact) mass is 346 g/mol. The normalized spacial score (nSPS) is 10.4. The topological polar surface area (TPSA) is 44.9 Å². The van der Waals surface area contributed by atoms with Crippen LogP contribution in [-0.4, -0.2) is 10.9 Å². The zero-order valence-electron chi connectivity index (χ0n) is 9.35. The van der Waals surface area contributed by atoms with E-state index in [1.54, 1.807) is 0 Å². The van der Waals surface area contributed by atoms with Gasteiger partial charge in [0.15, 0.2) is 0 Å². The molecule has 1 aromatic heterocycles. The summed E-state index contributed by atoms with van der Waals surface area (Å²) < 4.78 is 0.962. The number of carbonyl (C=O) groups excluding carboxylic acids is 1. The lowest BCUT2D eigenvalue weighted by atomic mass is 10.2. The van der Waals surface area contributed by atoms with E-state index in [1.165, 1.54) is 6.07 Å². The van der Waals surface area contributed by atoms with E-state index in [0.29, 0.717) is 10.7 Å². The van der Waals surface area contributed by atoms with E-state index in [-0.39, 0.29) is 11.1 Å². The van der Waals surface area contributed by atoms with E-state index in [2.05, 4.69) is 26.2 Å². The van der Waals surface area contributed by atoms with Gasteiger partial charge in [-0.15, -0.1) is 0 Å². The molecular formula is C12H9BrCl2N2O. The Hall–Kier alpha value is -0.970. The molecule has 0 aliphatic carbocycles. The minimum Gasteiger partial charge on any atom is -0.340 e. The molecule has 0 aliphatic rings. The van der Waals surface area contributed by atoms with Crippen molar-refractivity contribution in [2.24, 2.45) is 0 Å². The van der Waals surface area contributed by atoms with Gasteiger partial charge in [-0.3, -0.25) is 4.79 Å². The predicted octanol–water partition coefficient (Wildman–Crippen LogP) is 4.64. The Bertz CT molecular complexity index is 591. The Morgan fingerprint density at radius 2 is 2.06 bits per heavy atom. The average Bonchev–Trinajstić information content (AvgIpc) is 2.63. The van der Waals surface area contributed by atoms with Crippen molar-refractivity contribution in [1.29, 1.82) is 0 Å². The smallest absolute Gasteiger partial charge is 0.272 e. The van der Waals surface area contributed by atoms with Crippen molar-refractivity contribution in [3.8, 4) is 0 Å². The third-order valence-corrected chi connectivity index (χ3v) is 3.59. The van der Waals surface area contributed by atoms with Crippen LogP contribution in [0.15, 0.2) is 28.7 Å². The highest BCUT2D eigenvalue weighted by Gasteiger charge is 2.12. The van der Waals surface area contributed by atoms with Crippen LogP contribution < -0.4 is 5.32 Å². The summed E-state index contributed by atoms with van der Waals surface area (Å²) in [5.41, 5.74) is 2.03. The van der Waals surface area contributed by atoms with Gasteiger partial charge in [0.05, 0.1) is 5.02 Å². The summed E-state index contributed by atoms with van der Waals surface area (Å²) in [7, 11) is 0. The number of H-pyrrole nitrogens is 1. The van der Waals surface area contributed by atoms with Crippen LogP contribution in [0.4, 0.5) is 5.69 Å². The van der Waals surface area contributed by atoms with Crippen molar-refractivity contribution in [3.63, 3.8) is 0 Å². The quantitative estimate of drug-likeness (QED) is 0.816. The fourth-order valence-electron chi connectivity index (χ4n) is 1.48. The summed E-state index contributed by atoms with van der Waals surface area (Å²) in [4.78, 5) is 14.7. The van der Waals surface area contributed by atoms with E-state index in [4.69, 9.17) is 23.2 Å². The first-order valence-corrected chi connectivity index (χ1v) is 6.64. The minimum atomic E-state index is -0.283. The van der Waals surface area contributed by atoms with Gasteiger partial charge in [-0.2, -0.15) is 0 Å². The Kier molecular flexibility index (Phi) is 4.00. The lowest BCUT2D eigenvalue weighted by Gasteiger charge is -2.07. The number of aromatic nitrogens is 1. The van der Waals surface area contributed by atoms with Gasteiger partial charge in [0, 0.05) is 10.2 Å². The van der Waals surface area contributed by atoms with Crippen LogP contribution >= 0.6 is 39.1 Å². The van der Waals surface area contributed by atoms with Crippen LogP contribution in [0.2, 0.25) is 10.2 Å². The van der Waals surface area contributed by atoms with Crippen LogP contribution in [0, 0.1) is 6.92 Å². The molecule has 2 rings (SSSR count). The van der Waals surface area contributed by atoms with Crippen molar-refractivity contribution < 1.29 is 4.79 Å². The molecule has 0 saturated carbocycles. The van der Waals surface area contributed by atoms with Gasteiger partial charge < -0.3 is 10.3 Å². The number of rotatable bonds is 2. The largest absolute Gasteiger partial charge is 0.340 e. The van der Waals surface area contributed by atoms with Crippen molar-refractivity contribution in [2.45, 2.75) is 6.92 Å². The van der Waals surface area contributed by atoms with Crippen LogP contribution in [0.25, 0.3) is 0 Å². The van der Waals surface area contributed by atoms with Gasteiger partial charge in [0.25, 0.3) is 5.91 Å². The molecule has 2 N–H and O–H groups in total. The summed E-state index contributed by atoms with van der Waals surface area (Å²) in [5.74, 6) is -0.283. The average molecular weight is 348 g/mol. The van der Waals surface area contributed by atoms with Crippen molar-refractivity contribution >= 4 is 50.7 Å². The molecule has 0 unspecified atom stereocenters. The molecule has 2 aromatic rings. The summed E-state index contributed by atoms with van der Waals surface area (Å²) >= 11 is 14.9. The van der Waals surface area contributed by atoms with Crippen molar-refractivity contribution in [3.05, 3.63) is 50.2 Å². The molecule has 6 heteroatoms. The summed E-state index contributed by atoms with van der Waals surface area (Å²) in [6, 6.07) is 7.10. The highest BCUT2D eigenvalue weighted by Crippen LogP contribution is 2.24. The van der Waals surface area contributed by atoms with Gasteiger partial charge in [-0.05, 0) is 36.8 Å². The van der Waals surface area contributed by atoms with E-state index in [1.807, 2.05) is 25.1 Å². The maximum Gasteiger partial charge on any atom is 0.272 e. The molecule has 1 heterocycles. The molecule has 94 valence electrons. The van der Waals surface area contributed by atoms with Gasteiger partial charge >= 0.3 is 0 Å². The van der Waals surface area contributed by atoms with Crippen LogP contribution in [0.1, 0.15) is 16.1 Å². The number of hydrogen-bond donors (Lipinski definition) is 2. The number of nitrogens with one attached hydrogen (secondary N) is 2. The second kappa shape index (κ2) is 5.34. The fourth-order valence-corrected chi connectivity index (χ4v) is 2.27. The zero-order valence-corrected chi connectivity index (χ0v) is 12.4. The number of halogens is 3. The van der Waals surface area contributed by atoms with Gasteiger partial charge in [-0.25, -0.2) is 0 Å². The number of carbonyl (C=O) groups is 1. The first kappa shape index (κ1) is 13.5. The van der Waals surface area contributed by atoms with Crippen LogP contribution in [-0.2, 0) is 0 Å². The fraction of sp³-hybridized carbons (Fsp3) is 0.0833. The zero-order chi connectivity index (χ0) is 13.3. The molecule has 18 heavy (non-hydrogen) atoms. The number of anilines is 1. The van der Waals surface area contributed by atoms with Crippen LogP contribution in [0.5, 0.6) is 0 Å². The molecule has 0 saturated heterocycles. The van der Waals surface area contributed by atoms with E-state index in [0.717, 1.165) is 15.7 Å². The van der Waals surface area contributed by atoms with E-state index >= 15 is 0 Å². The standard InChI is InChI=1S/C12H9BrCl2N2O/c1-6-4-7(13)2-3-9(6)17-12(18)10-5-8(14)11(15)16-10/h2-5,16H,1H3,(H,17,18). The van der Waals surface area contributed by atoms with Crippen LogP contribution in [0.3, 0.4) is 0 Å². The Morgan fingerprint density at radius 3 is 2.61 bits per heavy atom. The number of aromatic amines is 1. The molecule has 0 radical (unpaired) electrons. The molecular weight excluding hydrogens is 339 g/mol. The number of amides is 1. The van der Waals surface area contributed by atoms with Crippen molar-refractivity contribution in [2.75, 3.05) is 5.32 Å². The minimum absolute atomic E-state index is 0.259. The first-order valence-electron chi connectivity index (χ1n) is 5.09. The summed E-state index contributed by atoms with van der Waals surface area (Å²) in [5, 5.41) is 3.37. The maximum atomic E-state index is 11.9. The molecule has 0 aliphatic heterocycles. The predicted molar refractivity (Wildman–Crippen MR) is 77.6 cm³/mol. The molecule has 1 amide bonds. The molecule has 0 bridgehead atoms. The molecule has 1 aromatic carbocycles. The van der Waals surface area contributed by atoms with Gasteiger partial charge in [-0.1, -0.05) is 39.1 Å². The lowest BCUT2D eigenvalue weighted by Crippen LogP contribution is -2.13. The third-order valence-electron chi connectivity index (χ3n) is 2.41. The highest BCUT2D eigenvalue weighted by atomic mass is 79.9. The second-order valence-corrected chi connectivity index (χ2v) is 5.46. The maximum absolute atomic E-state index is 11.9. The Morgan fingerprint density at radius 1 is 1.33 bits per heavy atom. The SMILES string of the molecule is Cc1cc(Br)ccc1NC(=O)c1cc(Cl)c(Cl)[nH]1. The number of aryl methyl sites for hydroxylation is 1. The lowest BCUT2D eigenvalue weighted by molar-refractivity contribution is 0.102. The van der Waals surface area contributed by atoms with Gasteiger partial charge in [0.1, 0.15) is 10.8 Å². The Balaban J connectivity index is 2.21. The highest BCUT2D eigenvalue weighted by molar-refractivity contribution is 9.10. The van der Waals surface area contributed by atoms with E-state index < -0.39 is 0 Å². The molecule has 0 fully saturated rings. The first-order chi connectivity index (χ1) is 8.47. The number of benzene rings is 1. The van der Waals surface area contributed by atoms with E-state index in [9.17, 15) is 4.79 Å². The summed E-state index contributed by atoms with van der Waals surface area (Å²) in [6.45, 7) is 1.91. The van der Waals surface area contributed by atoms with Gasteiger partial charge in [0.2, 0.25) is 0 Å². The molecule has 0 spiro atoms. The second-order valence-electron chi connectivity index (χ2n) is 3.76.